The summed E-state index contributed by atoms with van der Waals surface area (Å²) in [5.41, 5.74) is 0.446. The summed E-state index contributed by atoms with van der Waals surface area (Å²) in [5.74, 6) is -3.12. The van der Waals surface area contributed by atoms with Crippen molar-refractivity contribution in [3.8, 4) is 0 Å². The molecule has 3 amide bonds. The molecular weight excluding hydrogens is 683 g/mol. The molecule has 0 bridgehead atoms. The maximum absolute atomic E-state index is 14.3. The van der Waals surface area contributed by atoms with Gasteiger partial charge in [-0.15, -0.1) is 11.3 Å². The van der Waals surface area contributed by atoms with Crippen molar-refractivity contribution in [1.29, 1.82) is 0 Å². The van der Waals surface area contributed by atoms with Crippen molar-refractivity contribution in [1.82, 2.24) is 25.4 Å². The number of carboxylic acid groups (broad SMARTS) is 1. The van der Waals surface area contributed by atoms with Crippen LogP contribution in [0.2, 0.25) is 0 Å². The van der Waals surface area contributed by atoms with Crippen LogP contribution in [0.5, 0.6) is 0 Å². The highest BCUT2D eigenvalue weighted by molar-refractivity contribution is 7.09. The molecule has 1 heterocycles. The summed E-state index contributed by atoms with van der Waals surface area (Å²) < 4.78 is 5.78. The lowest BCUT2D eigenvalue weighted by atomic mass is 9.90. The summed E-state index contributed by atoms with van der Waals surface area (Å²) in [5, 5.41) is 17.7. The Balaban J connectivity index is 1.83. The van der Waals surface area contributed by atoms with E-state index in [1.165, 1.54) is 18.3 Å². The second kappa shape index (κ2) is 19.3. The fraction of sp³-hybridized carbons (Fsp3) is 0.641. The molecule has 0 radical (unpaired) electrons. The van der Waals surface area contributed by atoms with Crippen molar-refractivity contribution < 1.29 is 33.8 Å². The smallest absolute Gasteiger partial charge is 0.306 e. The number of esters is 1. The van der Waals surface area contributed by atoms with Gasteiger partial charge in [0.05, 0.1) is 11.5 Å². The number of aliphatic carboxylic acids is 1. The molecule has 13 heteroatoms. The summed E-state index contributed by atoms with van der Waals surface area (Å²) in [4.78, 5) is 73.8. The van der Waals surface area contributed by atoms with Gasteiger partial charge in [0.25, 0.3) is 5.91 Å². The zero-order valence-electron chi connectivity index (χ0n) is 32.3. The SMILES string of the molecule is CCC(C)[C@H](NC(=O)C1(N(C)C)CCCC1)C(=O)N(C)[C@H](C[C@@H](OC(C)=O)c1nc(C(=O)N[C@@H](Cc2ccccc2)C[C@H](C)C(=O)O)cs1)C(C)C. The van der Waals surface area contributed by atoms with Crippen LogP contribution in [-0.2, 0) is 30.3 Å². The fourth-order valence-electron chi connectivity index (χ4n) is 7.09. The zero-order valence-corrected chi connectivity index (χ0v) is 33.1. The number of likely N-dealkylation sites (N-methyl/N-ethyl adjacent to an activating group) is 2. The van der Waals surface area contributed by atoms with Gasteiger partial charge in [0.15, 0.2) is 6.10 Å². The average molecular weight is 742 g/mol. The molecule has 1 aromatic heterocycles. The molecule has 1 aliphatic carbocycles. The minimum absolute atomic E-state index is 0.0547. The minimum atomic E-state index is -0.945. The number of carboxylic acids is 1. The first kappa shape index (κ1) is 42.6. The van der Waals surface area contributed by atoms with Gasteiger partial charge < -0.3 is 25.4 Å². The highest BCUT2D eigenvalue weighted by Crippen LogP contribution is 2.35. The molecule has 0 aliphatic heterocycles. The van der Waals surface area contributed by atoms with E-state index in [0.717, 1.165) is 31.2 Å². The predicted octanol–water partition coefficient (Wildman–Crippen LogP) is 5.48. The van der Waals surface area contributed by atoms with Gasteiger partial charge in [-0.2, -0.15) is 0 Å². The molecule has 0 saturated heterocycles. The van der Waals surface area contributed by atoms with Gasteiger partial charge >= 0.3 is 11.9 Å². The number of ether oxygens (including phenoxy) is 1. The molecule has 1 aromatic carbocycles. The molecule has 1 fully saturated rings. The number of amides is 3. The molecular formula is C39H59N5O7S. The summed E-state index contributed by atoms with van der Waals surface area (Å²) in [6.07, 6.45) is 4.14. The maximum Gasteiger partial charge on any atom is 0.306 e. The summed E-state index contributed by atoms with van der Waals surface area (Å²) >= 11 is 1.18. The molecule has 52 heavy (non-hydrogen) atoms. The van der Waals surface area contributed by atoms with Gasteiger partial charge in [0.1, 0.15) is 16.7 Å². The second-order valence-corrected chi connectivity index (χ2v) is 15.9. The van der Waals surface area contributed by atoms with Crippen LogP contribution in [0.25, 0.3) is 0 Å². The van der Waals surface area contributed by atoms with Crippen LogP contribution in [-0.4, -0.2) is 94.4 Å². The Morgan fingerprint density at radius 3 is 2.15 bits per heavy atom. The first-order valence-electron chi connectivity index (χ1n) is 18.5. The maximum atomic E-state index is 14.3. The third kappa shape index (κ3) is 11.1. The first-order valence-corrected chi connectivity index (χ1v) is 19.3. The molecule has 3 rings (SSSR count). The monoisotopic (exact) mass is 741 g/mol. The molecule has 1 unspecified atom stereocenters. The quantitative estimate of drug-likeness (QED) is 0.159. The summed E-state index contributed by atoms with van der Waals surface area (Å²) in [7, 11) is 5.55. The molecule has 2 aromatic rings. The zero-order chi connectivity index (χ0) is 38.7. The van der Waals surface area contributed by atoms with Crippen LogP contribution in [0.3, 0.4) is 0 Å². The third-order valence-corrected chi connectivity index (χ3v) is 11.5. The Morgan fingerprint density at radius 2 is 1.62 bits per heavy atom. The number of carbonyl (C=O) groups is 5. The third-order valence-electron chi connectivity index (χ3n) is 10.6. The Kier molecular flexibility index (Phi) is 15.8. The standard InChI is InChI=1S/C39H59N5O7S/c1-10-25(4)33(42-38(50)39(43(7)8)18-14-15-19-39)36(47)44(9)31(24(2)3)22-32(51-27(6)45)35-41-30(23-52-35)34(46)40-29(20-26(5)37(48)49)21-28-16-12-11-13-17-28/h11-13,16-17,23-26,29,31-33H,10,14-15,18-22H2,1-9H3,(H,40,46)(H,42,50)(H,48,49)/t25?,26-,29+,31+,32+,33-/m0/s1. The normalized spacial score (nSPS) is 17.4. The summed E-state index contributed by atoms with van der Waals surface area (Å²) in [6, 6.07) is 7.94. The van der Waals surface area contributed by atoms with E-state index in [9.17, 15) is 29.1 Å². The van der Waals surface area contributed by atoms with E-state index in [-0.39, 0.29) is 42.2 Å². The number of nitrogens with zero attached hydrogens (tertiary/aromatic N) is 3. The lowest BCUT2D eigenvalue weighted by Crippen LogP contribution is -2.61. The van der Waals surface area contributed by atoms with Crippen molar-refractivity contribution >= 4 is 41.0 Å². The number of benzene rings is 1. The van der Waals surface area contributed by atoms with Crippen LogP contribution in [0.4, 0.5) is 0 Å². The van der Waals surface area contributed by atoms with Gasteiger partial charge in [-0.25, -0.2) is 4.98 Å². The Labute approximate surface area is 313 Å². The van der Waals surface area contributed by atoms with Crippen molar-refractivity contribution in [2.45, 2.75) is 123 Å². The largest absolute Gasteiger partial charge is 0.481 e. The minimum Gasteiger partial charge on any atom is -0.481 e. The molecule has 1 aliphatic rings. The highest BCUT2D eigenvalue weighted by atomic mass is 32.1. The van der Waals surface area contributed by atoms with Crippen molar-refractivity contribution in [2.24, 2.45) is 17.8 Å². The van der Waals surface area contributed by atoms with Crippen molar-refractivity contribution in [3.63, 3.8) is 0 Å². The van der Waals surface area contributed by atoms with Gasteiger partial charge in [-0.05, 0) is 57.2 Å². The van der Waals surface area contributed by atoms with Gasteiger partial charge in [-0.1, -0.05) is 84.2 Å². The van der Waals surface area contributed by atoms with Crippen molar-refractivity contribution in [2.75, 3.05) is 21.1 Å². The van der Waals surface area contributed by atoms with E-state index in [4.69, 9.17) is 4.74 Å². The molecule has 1 saturated carbocycles. The lowest BCUT2D eigenvalue weighted by molar-refractivity contribution is -0.149. The number of hydrogen-bond donors (Lipinski definition) is 3. The molecule has 288 valence electrons. The van der Waals surface area contributed by atoms with E-state index in [1.807, 2.05) is 77.0 Å². The number of hydrogen-bond acceptors (Lipinski definition) is 9. The molecule has 6 atom stereocenters. The average Bonchev–Trinajstić information content (AvgIpc) is 3.80. The second-order valence-electron chi connectivity index (χ2n) is 15.0. The van der Waals surface area contributed by atoms with E-state index >= 15 is 0 Å². The van der Waals surface area contributed by atoms with Gasteiger partial charge in [0.2, 0.25) is 11.8 Å². The number of rotatable bonds is 19. The van der Waals surface area contributed by atoms with Crippen LogP contribution in [0.15, 0.2) is 35.7 Å². The Hall–Kier alpha value is -3.84. The van der Waals surface area contributed by atoms with E-state index in [2.05, 4.69) is 15.6 Å². The topological polar surface area (TPSA) is 158 Å². The number of thiazole rings is 1. The summed E-state index contributed by atoms with van der Waals surface area (Å²) in [6.45, 7) is 10.9. The number of nitrogens with one attached hydrogen (secondary N) is 2. The Bertz CT molecular complexity index is 1510. The van der Waals surface area contributed by atoms with E-state index in [0.29, 0.717) is 17.8 Å². The molecule has 0 spiro atoms. The van der Waals surface area contributed by atoms with Gasteiger partial charge in [0, 0.05) is 37.9 Å². The van der Waals surface area contributed by atoms with E-state index < -0.39 is 53.5 Å². The molecule has 3 N–H and O–H groups in total. The number of aromatic nitrogens is 1. The lowest BCUT2D eigenvalue weighted by Gasteiger charge is -2.39. The Morgan fingerprint density at radius 1 is 0.981 bits per heavy atom. The first-order chi connectivity index (χ1) is 24.5. The van der Waals surface area contributed by atoms with Crippen LogP contribution >= 0.6 is 11.3 Å². The van der Waals surface area contributed by atoms with Crippen LogP contribution in [0.1, 0.15) is 114 Å². The van der Waals surface area contributed by atoms with Crippen molar-refractivity contribution in [3.05, 3.63) is 52.0 Å². The number of carbonyl (C=O) groups excluding carboxylic acids is 4. The van der Waals surface area contributed by atoms with E-state index in [1.54, 1.807) is 24.3 Å². The predicted molar refractivity (Wildman–Crippen MR) is 202 cm³/mol. The van der Waals surface area contributed by atoms with Crippen LogP contribution in [0, 0.1) is 17.8 Å². The molecule has 12 nitrogen and oxygen atoms in total. The highest BCUT2D eigenvalue weighted by Gasteiger charge is 2.45. The van der Waals surface area contributed by atoms with Gasteiger partial charge in [-0.3, -0.25) is 28.9 Å². The fourth-order valence-corrected chi connectivity index (χ4v) is 7.93. The van der Waals surface area contributed by atoms with Crippen LogP contribution < -0.4 is 10.6 Å².